The van der Waals surface area contributed by atoms with E-state index in [0.717, 1.165) is 41.1 Å². The number of ketones is 1. The molecule has 206 valence electrons. The molecule has 1 amide bonds. The van der Waals surface area contributed by atoms with Crippen molar-refractivity contribution in [1.82, 2.24) is 10.3 Å². The summed E-state index contributed by atoms with van der Waals surface area (Å²) in [4.78, 5) is 30.9. The standard InChI is InChI=1S/C29H44N2O5S/c1-16-10-9-11-29(8)24(36-29)13-22(18(3)17(2)12-21-15-37-20(5)30-21)31-25(33)14-23(32)28(6,7)27(35)19(4)26(16)34/h12,15-16,19,22-24,26,32,34H,3,9-11,13-14H2,1-2,4-8H3,(H,31,33). The molecule has 37 heavy (non-hydrogen) atoms. The first-order valence-electron chi connectivity index (χ1n) is 13.3. The minimum absolute atomic E-state index is 0.0288. The van der Waals surface area contributed by atoms with Gasteiger partial charge in [0.25, 0.3) is 0 Å². The highest BCUT2D eigenvalue weighted by atomic mass is 32.1. The number of carbonyl (C=O) groups is 2. The van der Waals surface area contributed by atoms with Gasteiger partial charge < -0.3 is 20.3 Å². The van der Waals surface area contributed by atoms with Crippen LogP contribution in [0.3, 0.4) is 0 Å². The molecule has 7 nitrogen and oxygen atoms in total. The van der Waals surface area contributed by atoms with Gasteiger partial charge in [0.1, 0.15) is 5.78 Å². The van der Waals surface area contributed by atoms with E-state index in [9.17, 15) is 19.8 Å². The number of carbonyl (C=O) groups excluding carboxylic acids is 2. The van der Waals surface area contributed by atoms with Gasteiger partial charge >= 0.3 is 0 Å². The summed E-state index contributed by atoms with van der Waals surface area (Å²) in [7, 11) is 0. The van der Waals surface area contributed by atoms with Gasteiger partial charge in [0, 0.05) is 17.7 Å². The summed E-state index contributed by atoms with van der Waals surface area (Å²) in [6, 6.07) is -0.381. The maximum absolute atomic E-state index is 13.3. The first kappa shape index (κ1) is 29.7. The van der Waals surface area contributed by atoms with Crippen LogP contribution in [0.15, 0.2) is 23.1 Å². The van der Waals surface area contributed by atoms with Gasteiger partial charge in [0.2, 0.25) is 5.91 Å². The van der Waals surface area contributed by atoms with E-state index < -0.39 is 23.5 Å². The van der Waals surface area contributed by atoms with Gasteiger partial charge in [-0.05, 0) is 56.8 Å². The zero-order valence-electron chi connectivity index (χ0n) is 23.3. The van der Waals surface area contributed by atoms with Crippen molar-refractivity contribution in [3.8, 4) is 0 Å². The maximum atomic E-state index is 13.3. The lowest BCUT2D eigenvalue weighted by Gasteiger charge is -2.34. The Morgan fingerprint density at radius 3 is 2.57 bits per heavy atom. The van der Waals surface area contributed by atoms with Crippen molar-refractivity contribution in [1.29, 1.82) is 0 Å². The third-order valence-corrected chi connectivity index (χ3v) is 9.23. The molecule has 1 aromatic heterocycles. The molecule has 0 saturated carbocycles. The van der Waals surface area contributed by atoms with Gasteiger partial charge in [-0.1, -0.05) is 40.7 Å². The van der Waals surface area contributed by atoms with Crippen LogP contribution in [0.1, 0.15) is 84.3 Å². The number of rotatable bonds is 3. The Hall–Kier alpha value is -1.87. The van der Waals surface area contributed by atoms with Crippen molar-refractivity contribution in [3.05, 3.63) is 33.8 Å². The number of Topliss-reactive ketones (excluding diaryl/α,β-unsaturated/α-hetero) is 1. The molecule has 2 saturated heterocycles. The molecule has 7 unspecified atom stereocenters. The van der Waals surface area contributed by atoms with Crippen LogP contribution in [0.2, 0.25) is 0 Å². The molecular weight excluding hydrogens is 488 g/mol. The Morgan fingerprint density at radius 2 is 1.95 bits per heavy atom. The number of thiazole rings is 1. The summed E-state index contributed by atoms with van der Waals surface area (Å²) in [5.74, 6) is -1.31. The van der Waals surface area contributed by atoms with Crippen molar-refractivity contribution < 1.29 is 24.5 Å². The van der Waals surface area contributed by atoms with Crippen LogP contribution >= 0.6 is 11.3 Å². The maximum Gasteiger partial charge on any atom is 0.223 e. The number of aromatic nitrogens is 1. The van der Waals surface area contributed by atoms with Gasteiger partial charge in [-0.3, -0.25) is 9.59 Å². The third kappa shape index (κ3) is 6.96. The van der Waals surface area contributed by atoms with Gasteiger partial charge in [-0.2, -0.15) is 0 Å². The molecule has 0 spiro atoms. The topological polar surface area (TPSA) is 112 Å². The Kier molecular flexibility index (Phi) is 9.21. The molecule has 2 aliphatic rings. The Bertz CT molecular complexity index is 1050. The quantitative estimate of drug-likeness (QED) is 0.387. The van der Waals surface area contributed by atoms with E-state index in [1.165, 1.54) is 0 Å². The van der Waals surface area contributed by atoms with E-state index in [-0.39, 0.29) is 41.8 Å². The van der Waals surface area contributed by atoms with Crippen LogP contribution < -0.4 is 5.32 Å². The van der Waals surface area contributed by atoms with Crippen LogP contribution in [0.5, 0.6) is 0 Å². The lowest BCUT2D eigenvalue weighted by Crippen LogP contribution is -2.47. The van der Waals surface area contributed by atoms with E-state index >= 15 is 0 Å². The second-order valence-electron chi connectivity index (χ2n) is 11.9. The third-order valence-electron chi connectivity index (χ3n) is 8.44. The number of aliphatic hydroxyl groups is 2. The molecule has 0 aromatic carbocycles. The molecule has 0 bridgehead atoms. The number of amides is 1. The second-order valence-corrected chi connectivity index (χ2v) is 12.9. The number of nitrogens with one attached hydrogen (secondary N) is 1. The zero-order valence-corrected chi connectivity index (χ0v) is 24.2. The number of nitrogens with zero attached hydrogens (tertiary/aromatic N) is 1. The average molecular weight is 533 g/mol. The number of aliphatic hydroxyl groups excluding tert-OH is 2. The van der Waals surface area contributed by atoms with E-state index in [2.05, 4.69) is 23.8 Å². The second kappa shape index (κ2) is 11.5. The smallest absolute Gasteiger partial charge is 0.223 e. The van der Waals surface area contributed by atoms with Crippen LogP contribution in [-0.2, 0) is 14.3 Å². The monoisotopic (exact) mass is 532 g/mol. The fourth-order valence-corrected chi connectivity index (χ4v) is 5.95. The summed E-state index contributed by atoms with van der Waals surface area (Å²) in [5.41, 5.74) is 1.07. The molecule has 1 aromatic rings. The largest absolute Gasteiger partial charge is 0.392 e. The highest BCUT2D eigenvalue weighted by molar-refractivity contribution is 7.09. The summed E-state index contributed by atoms with van der Waals surface area (Å²) in [6.07, 6.45) is 2.74. The van der Waals surface area contributed by atoms with E-state index in [1.807, 2.05) is 32.2 Å². The van der Waals surface area contributed by atoms with Crippen LogP contribution in [0.4, 0.5) is 0 Å². The molecule has 3 rings (SSSR count). The van der Waals surface area contributed by atoms with Crippen LogP contribution in [0.25, 0.3) is 6.08 Å². The minimum Gasteiger partial charge on any atom is -0.392 e. The molecule has 7 atom stereocenters. The molecule has 3 heterocycles. The number of aryl methyl sites for hydroxylation is 1. The number of fused-ring (bicyclic) bond motifs is 1. The Morgan fingerprint density at radius 1 is 1.27 bits per heavy atom. The molecule has 2 aliphatic heterocycles. The van der Waals surface area contributed by atoms with Crippen LogP contribution in [0, 0.1) is 24.2 Å². The van der Waals surface area contributed by atoms with Gasteiger partial charge in [0.15, 0.2) is 0 Å². The summed E-state index contributed by atoms with van der Waals surface area (Å²) >= 11 is 1.58. The average Bonchev–Trinajstić information content (AvgIpc) is 3.27. The van der Waals surface area contributed by atoms with Crippen molar-refractivity contribution >= 4 is 29.1 Å². The minimum atomic E-state index is -1.19. The predicted octanol–water partition coefficient (Wildman–Crippen LogP) is 4.61. The van der Waals surface area contributed by atoms with Crippen molar-refractivity contribution in [2.24, 2.45) is 17.3 Å². The Labute approximate surface area is 225 Å². The Balaban J connectivity index is 1.85. The number of epoxide rings is 1. The number of hydrogen-bond acceptors (Lipinski definition) is 7. The van der Waals surface area contributed by atoms with Crippen LogP contribution in [-0.4, -0.2) is 56.8 Å². The number of ether oxygens (including phenoxy) is 1. The molecule has 2 fully saturated rings. The SMILES string of the molecule is C=C(C(C)=Cc1csc(C)n1)C1CC2OC2(C)CCCC(C)C(O)C(C)C(=O)C(C)(C)C(O)CC(=O)N1. The molecule has 0 radical (unpaired) electrons. The molecule has 3 N–H and O–H groups in total. The predicted molar refractivity (Wildman–Crippen MR) is 147 cm³/mol. The first-order chi connectivity index (χ1) is 17.2. The fraction of sp³-hybridized carbons (Fsp3) is 0.690. The zero-order chi connectivity index (χ0) is 27.7. The van der Waals surface area contributed by atoms with Crippen molar-refractivity contribution in [3.63, 3.8) is 0 Å². The molecular formula is C29H44N2O5S. The van der Waals surface area contributed by atoms with E-state index in [0.29, 0.717) is 6.42 Å². The summed E-state index contributed by atoms with van der Waals surface area (Å²) in [5, 5.41) is 27.8. The fourth-order valence-electron chi connectivity index (χ4n) is 5.38. The highest BCUT2D eigenvalue weighted by Gasteiger charge is 2.52. The number of hydrogen-bond donors (Lipinski definition) is 3. The van der Waals surface area contributed by atoms with Gasteiger partial charge in [-0.15, -0.1) is 11.3 Å². The summed E-state index contributed by atoms with van der Waals surface area (Å²) in [6.45, 7) is 17.3. The molecule has 8 heteroatoms. The summed E-state index contributed by atoms with van der Waals surface area (Å²) < 4.78 is 6.11. The van der Waals surface area contributed by atoms with Crippen molar-refractivity contribution in [2.45, 2.75) is 111 Å². The van der Waals surface area contributed by atoms with E-state index in [1.54, 1.807) is 32.1 Å². The van der Waals surface area contributed by atoms with Gasteiger partial charge in [-0.25, -0.2) is 4.98 Å². The lowest BCUT2D eigenvalue weighted by atomic mass is 9.72. The highest BCUT2D eigenvalue weighted by Crippen LogP contribution is 2.44. The van der Waals surface area contributed by atoms with Gasteiger partial charge in [0.05, 0.1) is 52.5 Å². The van der Waals surface area contributed by atoms with E-state index in [4.69, 9.17) is 4.74 Å². The lowest BCUT2D eigenvalue weighted by molar-refractivity contribution is -0.143. The first-order valence-corrected chi connectivity index (χ1v) is 14.2. The van der Waals surface area contributed by atoms with Crippen molar-refractivity contribution in [2.75, 3.05) is 0 Å². The molecule has 0 aliphatic carbocycles. The normalized spacial score (nSPS) is 36.0.